The molecular formula is C28H41N5O7S2. The van der Waals surface area contributed by atoms with Crippen molar-refractivity contribution < 1.29 is 33.0 Å². The molecule has 4 heterocycles. The number of fused-ring (bicyclic) bond motifs is 1. The highest BCUT2D eigenvalue weighted by Gasteiger charge is 2.56. The highest BCUT2D eigenvalue weighted by atomic mass is 32.2. The molecule has 2 fully saturated rings. The first kappa shape index (κ1) is 32.4. The van der Waals surface area contributed by atoms with Gasteiger partial charge in [-0.15, -0.1) is 20.5 Å². The molecule has 2 aliphatic heterocycles. The van der Waals surface area contributed by atoms with Crippen molar-refractivity contribution in [1.29, 1.82) is 0 Å². The van der Waals surface area contributed by atoms with Gasteiger partial charge in [-0.25, -0.2) is 9.97 Å². The smallest absolute Gasteiger partial charge is 0.325 e. The Bertz CT molecular complexity index is 1410. The molecule has 8 unspecified atom stereocenters. The van der Waals surface area contributed by atoms with Crippen LogP contribution in [-0.2, 0) is 24.5 Å². The highest BCUT2D eigenvalue weighted by molar-refractivity contribution is 7.87. The number of rotatable bonds is 4. The number of ketones is 1. The number of carbonyl (C=O) groups excluding carboxylic acids is 2. The number of aromatic nitrogens is 4. The Balaban J connectivity index is 1.68. The van der Waals surface area contributed by atoms with Crippen molar-refractivity contribution >= 4 is 39.4 Å². The molecule has 232 valence electrons. The normalized spacial score (nSPS) is 33.6. The van der Waals surface area contributed by atoms with Crippen molar-refractivity contribution in [3.63, 3.8) is 0 Å². The molecule has 12 nitrogen and oxygen atoms in total. The fourth-order valence-electron chi connectivity index (χ4n) is 5.80. The van der Waals surface area contributed by atoms with Gasteiger partial charge in [-0.3, -0.25) is 9.59 Å². The maximum absolute atomic E-state index is 13.4. The molecular weight excluding hydrogens is 582 g/mol. The number of Topliss-reactive ketones (excluding diaryl/α,β-unsaturated/α-hetero) is 1. The van der Waals surface area contributed by atoms with E-state index in [9.17, 15) is 28.2 Å². The van der Waals surface area contributed by atoms with E-state index < -0.39 is 58.3 Å². The summed E-state index contributed by atoms with van der Waals surface area (Å²) in [6.07, 6.45) is 2.41. The third-order valence-corrected chi connectivity index (χ3v) is 11.2. The summed E-state index contributed by atoms with van der Waals surface area (Å²) in [5.74, 6) is -2.07. The molecule has 0 spiro atoms. The van der Waals surface area contributed by atoms with E-state index in [1.807, 2.05) is 25.3 Å². The Kier molecular flexibility index (Phi) is 9.72. The van der Waals surface area contributed by atoms with Gasteiger partial charge in [0.1, 0.15) is 24.5 Å². The van der Waals surface area contributed by atoms with Gasteiger partial charge < -0.3 is 14.9 Å². The number of ether oxygens (including phenoxy) is 1. The Morgan fingerprint density at radius 1 is 1.19 bits per heavy atom. The zero-order chi connectivity index (χ0) is 31.0. The van der Waals surface area contributed by atoms with Crippen LogP contribution in [0.1, 0.15) is 77.4 Å². The number of hydrogen-bond donors (Lipinski definition) is 2. The number of aliphatic hydroxyl groups excluding tert-OH is 2. The number of carbonyl (C=O) groups is 2. The Morgan fingerprint density at radius 2 is 1.90 bits per heavy atom. The minimum atomic E-state index is -4.02. The Labute approximate surface area is 251 Å². The summed E-state index contributed by atoms with van der Waals surface area (Å²) in [6, 6.07) is -0.858. The van der Waals surface area contributed by atoms with E-state index in [0.29, 0.717) is 30.5 Å². The first-order valence-corrected chi connectivity index (χ1v) is 16.5. The second-order valence-corrected chi connectivity index (χ2v) is 14.9. The first-order chi connectivity index (χ1) is 19.6. The summed E-state index contributed by atoms with van der Waals surface area (Å²) in [4.78, 5) is 34.8. The van der Waals surface area contributed by atoms with Crippen molar-refractivity contribution in [2.24, 2.45) is 17.3 Å². The van der Waals surface area contributed by atoms with Crippen LogP contribution in [0, 0.1) is 24.2 Å². The summed E-state index contributed by atoms with van der Waals surface area (Å²) >= 11 is 1.48. The Hall–Kier alpha value is -2.52. The molecule has 0 radical (unpaired) electrons. The number of aliphatic hydroxyl groups is 2. The van der Waals surface area contributed by atoms with Gasteiger partial charge in [0.25, 0.3) is 0 Å². The van der Waals surface area contributed by atoms with Crippen LogP contribution in [0.2, 0.25) is 0 Å². The molecule has 8 atom stereocenters. The van der Waals surface area contributed by atoms with E-state index in [1.54, 1.807) is 27.7 Å². The van der Waals surface area contributed by atoms with E-state index in [1.165, 1.54) is 15.6 Å². The van der Waals surface area contributed by atoms with Crippen LogP contribution < -0.4 is 0 Å². The van der Waals surface area contributed by atoms with Crippen LogP contribution in [0.15, 0.2) is 23.6 Å². The minimum Gasteiger partial charge on any atom is -0.458 e. The van der Waals surface area contributed by atoms with E-state index in [0.717, 1.165) is 21.7 Å². The standard InChI is InChI=1S/C28H41N5O7S2/c1-16-8-7-9-21-22(33(21)42(38,39)32-15-29-14-30-32)11-23(17(2)10-20-13-41-19(4)31-20)40-25(35)12-24(34)28(5,6)27(37)18(3)26(16)36/h10,13-16,18,21-24,26,34,36H,7-9,11-12H2,1-6H3/b17-10+. The highest BCUT2D eigenvalue weighted by Crippen LogP contribution is 2.42. The second-order valence-electron chi connectivity index (χ2n) is 12.1. The monoisotopic (exact) mass is 623 g/mol. The van der Waals surface area contributed by atoms with E-state index >= 15 is 0 Å². The molecule has 14 heteroatoms. The van der Waals surface area contributed by atoms with Crippen LogP contribution >= 0.6 is 11.3 Å². The van der Waals surface area contributed by atoms with E-state index in [-0.39, 0.29) is 24.2 Å². The largest absolute Gasteiger partial charge is 0.458 e. The van der Waals surface area contributed by atoms with Crippen LogP contribution in [0.5, 0.6) is 0 Å². The lowest BCUT2D eigenvalue weighted by Crippen LogP contribution is -2.45. The fourth-order valence-corrected chi connectivity index (χ4v) is 8.00. The van der Waals surface area contributed by atoms with Crippen molar-refractivity contribution in [2.75, 3.05) is 0 Å². The molecule has 2 aromatic rings. The van der Waals surface area contributed by atoms with Gasteiger partial charge >= 0.3 is 16.2 Å². The predicted molar refractivity (Wildman–Crippen MR) is 156 cm³/mol. The van der Waals surface area contributed by atoms with Crippen molar-refractivity contribution in [2.45, 2.75) is 104 Å². The SMILES string of the molecule is C/C(=C\c1csc(C)n1)C1CC2C(CCCC(C)C(O)C(C)C(=O)C(C)(C)C(O)CC(=O)O1)N2S(=O)(=O)n1cncn1. The fraction of sp³-hybridized carbons (Fsp3) is 0.679. The summed E-state index contributed by atoms with van der Waals surface area (Å²) < 4.78 is 35.0. The van der Waals surface area contributed by atoms with Crippen molar-refractivity contribution in [3.8, 4) is 0 Å². The summed E-state index contributed by atoms with van der Waals surface area (Å²) in [6.45, 7) is 10.3. The molecule has 0 aromatic carbocycles. The molecule has 2 aromatic heterocycles. The third kappa shape index (κ3) is 6.83. The van der Waals surface area contributed by atoms with Gasteiger partial charge in [-0.05, 0) is 44.3 Å². The first-order valence-electron chi connectivity index (χ1n) is 14.2. The lowest BCUT2D eigenvalue weighted by molar-refractivity contribution is -0.154. The molecule has 4 rings (SSSR count). The van der Waals surface area contributed by atoms with Crippen LogP contribution in [0.25, 0.3) is 6.08 Å². The van der Waals surface area contributed by atoms with Crippen LogP contribution in [0.4, 0.5) is 0 Å². The lowest BCUT2D eigenvalue weighted by Gasteiger charge is -2.34. The van der Waals surface area contributed by atoms with Gasteiger partial charge in [0.05, 0.1) is 34.7 Å². The average Bonchev–Trinajstić information content (AvgIpc) is 3.25. The number of aryl methyl sites for hydroxylation is 1. The molecule has 2 aliphatic rings. The zero-order valence-corrected chi connectivity index (χ0v) is 26.5. The lowest BCUT2D eigenvalue weighted by atomic mass is 9.73. The maximum atomic E-state index is 13.4. The van der Waals surface area contributed by atoms with Gasteiger partial charge in [-0.1, -0.05) is 34.1 Å². The predicted octanol–water partition coefficient (Wildman–Crippen LogP) is 2.76. The second kappa shape index (κ2) is 12.6. The number of hydrogen-bond acceptors (Lipinski definition) is 11. The third-order valence-electron chi connectivity index (χ3n) is 8.65. The number of nitrogens with zero attached hydrogens (tertiary/aromatic N) is 5. The van der Waals surface area contributed by atoms with Crippen molar-refractivity contribution in [3.05, 3.63) is 34.3 Å². The summed E-state index contributed by atoms with van der Waals surface area (Å²) in [5.41, 5.74) is 0.0681. The average molecular weight is 624 g/mol. The topological polar surface area (TPSA) is 165 Å². The summed E-state index contributed by atoms with van der Waals surface area (Å²) in [7, 11) is -4.02. The molecule has 2 N–H and O–H groups in total. The number of esters is 1. The minimum absolute atomic E-state index is 0.184. The van der Waals surface area contributed by atoms with E-state index in [2.05, 4.69) is 15.1 Å². The Morgan fingerprint density at radius 3 is 2.52 bits per heavy atom. The van der Waals surface area contributed by atoms with Gasteiger partial charge in [0.15, 0.2) is 0 Å². The van der Waals surface area contributed by atoms with Crippen LogP contribution in [-0.4, -0.2) is 84.2 Å². The maximum Gasteiger partial charge on any atom is 0.325 e. The molecule has 0 bridgehead atoms. The number of thiazole rings is 1. The van der Waals surface area contributed by atoms with Gasteiger partial charge in [-0.2, -0.15) is 12.7 Å². The molecule has 42 heavy (non-hydrogen) atoms. The number of cyclic esters (lactones) is 1. The molecule has 0 aliphatic carbocycles. The molecule has 0 amide bonds. The molecule has 2 saturated heterocycles. The van der Waals surface area contributed by atoms with E-state index in [4.69, 9.17) is 4.74 Å². The van der Waals surface area contributed by atoms with Crippen LogP contribution in [0.3, 0.4) is 0 Å². The van der Waals surface area contributed by atoms with Gasteiger partial charge in [0.2, 0.25) is 0 Å². The zero-order valence-electron chi connectivity index (χ0n) is 24.9. The summed E-state index contributed by atoms with van der Waals surface area (Å²) in [5, 5.41) is 28.6. The van der Waals surface area contributed by atoms with Crippen molar-refractivity contribution in [1.82, 2.24) is 23.5 Å². The van der Waals surface area contributed by atoms with Gasteiger partial charge in [0, 0.05) is 29.8 Å². The molecule has 0 saturated carbocycles. The quantitative estimate of drug-likeness (QED) is 0.382.